The Morgan fingerprint density at radius 3 is 2.04 bits per heavy atom. The predicted octanol–water partition coefficient (Wildman–Crippen LogP) is 3.79. The van der Waals surface area contributed by atoms with Crippen molar-refractivity contribution >= 4 is 18.7 Å². The highest BCUT2D eigenvalue weighted by Crippen LogP contribution is 2.30. The molecule has 0 fully saturated rings. The average Bonchev–Trinajstić information content (AvgIpc) is 2.64. The van der Waals surface area contributed by atoms with Crippen LogP contribution in [-0.4, -0.2) is 53.2 Å². The standard InChI is InChI=1S/C20H43O6PS/c1-3-5-6-7-8-9-10-11-12-13-15-25-18-20(21)19-28(4-2)17-14-16-26-27(22,23)24/h20-21H,3-19H2,1-2H3,(H-,22,23,24). The van der Waals surface area contributed by atoms with Crippen LogP contribution in [0.15, 0.2) is 0 Å². The molecule has 0 radical (unpaired) electrons. The Kier molecular flexibility index (Phi) is 19.6. The van der Waals surface area contributed by atoms with Crippen molar-refractivity contribution in [1.29, 1.82) is 0 Å². The smallest absolute Gasteiger partial charge is 0.265 e. The van der Waals surface area contributed by atoms with Crippen molar-refractivity contribution in [3.05, 3.63) is 0 Å². The van der Waals surface area contributed by atoms with E-state index in [4.69, 9.17) is 9.63 Å². The van der Waals surface area contributed by atoms with Gasteiger partial charge >= 0.3 is 0 Å². The van der Waals surface area contributed by atoms with Gasteiger partial charge in [-0.25, -0.2) is 0 Å². The van der Waals surface area contributed by atoms with Gasteiger partial charge in [0.15, 0.2) is 0 Å². The molecule has 0 saturated heterocycles. The van der Waals surface area contributed by atoms with Crippen LogP contribution in [0.5, 0.6) is 0 Å². The zero-order valence-corrected chi connectivity index (χ0v) is 19.7. The van der Waals surface area contributed by atoms with Gasteiger partial charge in [-0.2, -0.15) is 0 Å². The first kappa shape index (κ1) is 28.4. The van der Waals surface area contributed by atoms with Gasteiger partial charge in [-0.15, -0.1) is 0 Å². The normalized spacial score (nSPS) is 16.0. The van der Waals surface area contributed by atoms with Crippen LogP contribution in [-0.2, 0) is 24.7 Å². The molecule has 0 bridgehead atoms. The van der Waals surface area contributed by atoms with Gasteiger partial charge in [0, 0.05) is 13.0 Å². The van der Waals surface area contributed by atoms with Crippen molar-refractivity contribution in [2.75, 3.05) is 37.1 Å². The summed E-state index contributed by atoms with van der Waals surface area (Å²) in [6.45, 7) is 5.37. The van der Waals surface area contributed by atoms with Crippen LogP contribution in [0, 0.1) is 0 Å². The SMILES string of the molecule is CCCCCCCCCCCCOCC(O)C[S+](CC)CCCOP(=O)([O-])O. The maximum Gasteiger partial charge on any atom is 0.265 e. The van der Waals surface area contributed by atoms with Gasteiger partial charge in [-0.1, -0.05) is 64.7 Å². The van der Waals surface area contributed by atoms with E-state index < -0.39 is 13.9 Å². The van der Waals surface area contributed by atoms with E-state index in [1.807, 2.05) is 0 Å². The van der Waals surface area contributed by atoms with Gasteiger partial charge in [-0.05, 0) is 24.2 Å². The summed E-state index contributed by atoms with van der Waals surface area (Å²) >= 11 is 0. The largest absolute Gasteiger partial charge is 0.756 e. The first-order valence-corrected chi connectivity index (χ1v) is 14.2. The lowest BCUT2D eigenvalue weighted by molar-refractivity contribution is -0.219. The Morgan fingerprint density at radius 2 is 1.50 bits per heavy atom. The molecule has 0 aliphatic carbocycles. The van der Waals surface area contributed by atoms with Crippen LogP contribution in [0.25, 0.3) is 0 Å². The molecule has 0 saturated carbocycles. The topological polar surface area (TPSA) is 99.0 Å². The molecule has 0 aromatic carbocycles. The average molecular weight is 443 g/mol. The molecule has 3 atom stereocenters. The maximum atomic E-state index is 10.5. The van der Waals surface area contributed by atoms with E-state index in [0.29, 0.717) is 25.4 Å². The summed E-state index contributed by atoms with van der Waals surface area (Å²) in [5.74, 6) is 2.39. The molecule has 0 aromatic heterocycles. The molecular weight excluding hydrogens is 399 g/mol. The summed E-state index contributed by atoms with van der Waals surface area (Å²) in [6, 6.07) is 0. The number of hydrogen-bond acceptors (Lipinski definition) is 5. The third kappa shape index (κ3) is 21.1. The minimum Gasteiger partial charge on any atom is -0.756 e. The van der Waals surface area contributed by atoms with E-state index in [1.165, 1.54) is 57.8 Å². The predicted molar refractivity (Wildman–Crippen MR) is 117 cm³/mol. The van der Waals surface area contributed by atoms with Crippen LogP contribution in [0.1, 0.15) is 84.5 Å². The van der Waals surface area contributed by atoms with Crippen molar-refractivity contribution in [2.24, 2.45) is 0 Å². The van der Waals surface area contributed by atoms with Crippen LogP contribution >= 0.6 is 7.82 Å². The molecule has 0 aliphatic rings. The maximum absolute atomic E-state index is 10.5. The van der Waals surface area contributed by atoms with Crippen molar-refractivity contribution in [3.8, 4) is 0 Å². The lowest BCUT2D eigenvalue weighted by atomic mass is 10.1. The number of aliphatic hydroxyl groups is 1. The first-order chi connectivity index (χ1) is 13.4. The molecule has 0 heterocycles. The van der Waals surface area contributed by atoms with Gasteiger partial charge in [0.05, 0.1) is 13.2 Å². The fourth-order valence-electron chi connectivity index (χ4n) is 3.02. The summed E-state index contributed by atoms with van der Waals surface area (Å²) < 4.78 is 20.5. The van der Waals surface area contributed by atoms with Crippen molar-refractivity contribution in [1.82, 2.24) is 0 Å². The fraction of sp³-hybridized carbons (Fsp3) is 1.00. The quantitative estimate of drug-likeness (QED) is 0.159. The second-order valence-electron chi connectivity index (χ2n) is 7.34. The minimum atomic E-state index is -4.61. The lowest BCUT2D eigenvalue weighted by Gasteiger charge is -2.16. The van der Waals surface area contributed by atoms with Crippen molar-refractivity contribution in [2.45, 2.75) is 90.6 Å². The molecule has 28 heavy (non-hydrogen) atoms. The molecule has 0 rings (SSSR count). The third-order valence-electron chi connectivity index (χ3n) is 4.62. The molecule has 0 spiro atoms. The van der Waals surface area contributed by atoms with Crippen LogP contribution in [0.3, 0.4) is 0 Å². The summed E-state index contributed by atoms with van der Waals surface area (Å²) in [5.41, 5.74) is 0. The Labute approximate surface area is 175 Å². The summed E-state index contributed by atoms with van der Waals surface area (Å²) in [5, 5.41) is 10.1. The highest BCUT2D eigenvalue weighted by atomic mass is 32.2. The molecule has 2 N–H and O–H groups in total. The highest BCUT2D eigenvalue weighted by molar-refractivity contribution is 7.96. The van der Waals surface area contributed by atoms with Gasteiger partial charge in [0.1, 0.15) is 23.4 Å². The molecular formula is C20H43O6PS. The van der Waals surface area contributed by atoms with Gasteiger partial charge < -0.3 is 24.2 Å². The van der Waals surface area contributed by atoms with Gasteiger partial charge in [-0.3, -0.25) is 4.57 Å². The van der Waals surface area contributed by atoms with Crippen LogP contribution in [0.2, 0.25) is 0 Å². The highest BCUT2D eigenvalue weighted by Gasteiger charge is 2.21. The van der Waals surface area contributed by atoms with Gasteiger partial charge in [0.25, 0.3) is 7.82 Å². The molecule has 8 heteroatoms. The van der Waals surface area contributed by atoms with Crippen LogP contribution in [0.4, 0.5) is 0 Å². The lowest BCUT2D eigenvalue weighted by Crippen LogP contribution is -2.29. The van der Waals surface area contributed by atoms with Crippen molar-refractivity contribution in [3.63, 3.8) is 0 Å². The fourth-order valence-corrected chi connectivity index (χ4v) is 5.24. The van der Waals surface area contributed by atoms with E-state index in [2.05, 4.69) is 18.4 Å². The Hall–Kier alpha value is 0.380. The zero-order valence-electron chi connectivity index (χ0n) is 18.0. The number of ether oxygens (including phenoxy) is 1. The van der Waals surface area contributed by atoms with E-state index in [9.17, 15) is 14.6 Å². The van der Waals surface area contributed by atoms with Gasteiger partial charge in [0.2, 0.25) is 0 Å². The van der Waals surface area contributed by atoms with E-state index in [0.717, 1.165) is 17.9 Å². The second kappa shape index (κ2) is 19.3. The second-order valence-corrected chi connectivity index (χ2v) is 11.1. The molecule has 0 aliphatic heterocycles. The molecule has 0 aromatic rings. The number of aliphatic hydroxyl groups excluding tert-OH is 1. The molecule has 6 nitrogen and oxygen atoms in total. The zero-order chi connectivity index (χ0) is 21.1. The third-order valence-corrected chi connectivity index (χ3v) is 7.67. The Morgan fingerprint density at radius 1 is 0.929 bits per heavy atom. The summed E-state index contributed by atoms with van der Waals surface area (Å²) in [7, 11) is -4.60. The molecule has 170 valence electrons. The number of phosphoric acid groups is 1. The first-order valence-electron chi connectivity index (χ1n) is 11.0. The van der Waals surface area contributed by atoms with Crippen LogP contribution < -0.4 is 4.89 Å². The van der Waals surface area contributed by atoms with Crippen molar-refractivity contribution < 1.29 is 28.7 Å². The number of phosphoric ester groups is 1. The molecule has 3 unspecified atom stereocenters. The molecule has 0 amide bonds. The van der Waals surface area contributed by atoms with E-state index in [-0.39, 0.29) is 17.5 Å². The Bertz CT molecular complexity index is 380. The number of hydrogen-bond donors (Lipinski definition) is 2. The minimum absolute atomic E-state index is 0.00782. The number of rotatable bonds is 21. The summed E-state index contributed by atoms with van der Waals surface area (Å²) in [4.78, 5) is 19.1. The summed E-state index contributed by atoms with van der Waals surface area (Å²) in [6.07, 6.45) is 13.0. The number of unbranched alkanes of at least 4 members (excludes halogenated alkanes) is 9. The Balaban J connectivity index is 3.49. The van der Waals surface area contributed by atoms with E-state index >= 15 is 0 Å². The van der Waals surface area contributed by atoms with E-state index in [1.54, 1.807) is 0 Å². The monoisotopic (exact) mass is 442 g/mol.